The number of hydrogen-bond donors (Lipinski definition) is 1. The van der Waals surface area contributed by atoms with Crippen LogP contribution in [-0.4, -0.2) is 34.1 Å². The van der Waals surface area contributed by atoms with E-state index >= 15 is 0 Å². The van der Waals surface area contributed by atoms with Crippen LogP contribution in [0.5, 0.6) is 5.75 Å². The van der Waals surface area contributed by atoms with Gasteiger partial charge in [0.15, 0.2) is 0 Å². The van der Waals surface area contributed by atoms with Crippen LogP contribution < -0.4 is 10.1 Å². The average molecular weight is 277 g/mol. The number of sulfone groups is 1. The van der Waals surface area contributed by atoms with E-state index in [1.165, 1.54) is 6.26 Å². The second-order valence-electron chi connectivity index (χ2n) is 3.92. The van der Waals surface area contributed by atoms with Crippen LogP contribution in [-0.2, 0) is 9.84 Å². The highest BCUT2D eigenvalue weighted by Crippen LogP contribution is 2.28. The van der Waals surface area contributed by atoms with Crippen molar-refractivity contribution in [3.8, 4) is 5.75 Å². The predicted octanol–water partition coefficient (Wildman–Crippen LogP) is 1.84. The fraction of sp³-hybridized carbons (Fsp3) is 0.636. The quantitative estimate of drug-likeness (QED) is 0.826. The lowest BCUT2D eigenvalue weighted by atomic mass is 10.2. The molecule has 1 aromatic rings. The van der Waals surface area contributed by atoms with Crippen LogP contribution >= 0.6 is 11.3 Å². The first-order valence-electron chi connectivity index (χ1n) is 5.49. The molecule has 0 spiro atoms. The standard InChI is InChI=1S/C11H19NO3S2/c1-4-12-10(5-6-17(3,13)14)11-7-9(15-2)8-16-11/h7-8,10,12H,4-6H2,1-3H3. The second-order valence-corrected chi connectivity index (χ2v) is 7.12. The third-order valence-electron chi connectivity index (χ3n) is 2.40. The minimum Gasteiger partial charge on any atom is -0.496 e. The average Bonchev–Trinajstić information content (AvgIpc) is 2.71. The molecule has 98 valence electrons. The maximum Gasteiger partial charge on any atom is 0.147 e. The Morgan fingerprint density at radius 2 is 2.24 bits per heavy atom. The Balaban J connectivity index is 2.71. The molecule has 4 nitrogen and oxygen atoms in total. The Labute approximate surface area is 107 Å². The van der Waals surface area contributed by atoms with Crippen molar-refractivity contribution in [2.45, 2.75) is 19.4 Å². The van der Waals surface area contributed by atoms with E-state index in [4.69, 9.17) is 4.74 Å². The van der Waals surface area contributed by atoms with E-state index in [1.54, 1.807) is 18.4 Å². The maximum absolute atomic E-state index is 11.2. The molecule has 0 aliphatic heterocycles. The Kier molecular flexibility index (Phi) is 5.42. The Bertz CT molecular complexity index is 439. The maximum atomic E-state index is 11.2. The summed E-state index contributed by atoms with van der Waals surface area (Å²) in [5.41, 5.74) is 0. The molecule has 1 unspecified atom stereocenters. The SMILES string of the molecule is CCNC(CCS(C)(=O)=O)c1cc(OC)cs1. The molecule has 0 saturated heterocycles. The Morgan fingerprint density at radius 3 is 2.71 bits per heavy atom. The summed E-state index contributed by atoms with van der Waals surface area (Å²) in [7, 11) is -1.28. The summed E-state index contributed by atoms with van der Waals surface area (Å²) >= 11 is 1.59. The Morgan fingerprint density at radius 1 is 1.53 bits per heavy atom. The van der Waals surface area contributed by atoms with Gasteiger partial charge < -0.3 is 10.1 Å². The summed E-state index contributed by atoms with van der Waals surface area (Å²) in [5.74, 6) is 1.03. The molecule has 0 saturated carbocycles. The molecule has 1 atom stereocenters. The van der Waals surface area contributed by atoms with Crippen LogP contribution in [0.3, 0.4) is 0 Å². The highest BCUT2D eigenvalue weighted by molar-refractivity contribution is 7.90. The van der Waals surface area contributed by atoms with Crippen LogP contribution in [0.15, 0.2) is 11.4 Å². The number of ether oxygens (including phenoxy) is 1. The molecule has 0 aliphatic rings. The highest BCUT2D eigenvalue weighted by Gasteiger charge is 2.15. The van der Waals surface area contributed by atoms with E-state index in [0.717, 1.165) is 17.2 Å². The van der Waals surface area contributed by atoms with E-state index < -0.39 is 9.84 Å². The lowest BCUT2D eigenvalue weighted by molar-refractivity contribution is 0.415. The van der Waals surface area contributed by atoms with E-state index in [2.05, 4.69) is 5.32 Å². The zero-order valence-corrected chi connectivity index (χ0v) is 12.0. The third-order valence-corrected chi connectivity index (χ3v) is 4.40. The highest BCUT2D eigenvalue weighted by atomic mass is 32.2. The molecule has 1 N–H and O–H groups in total. The van der Waals surface area contributed by atoms with Gasteiger partial charge in [-0.15, -0.1) is 11.3 Å². The first-order chi connectivity index (χ1) is 7.96. The van der Waals surface area contributed by atoms with Crippen LogP contribution in [0.1, 0.15) is 24.3 Å². The fourth-order valence-corrected chi connectivity index (χ4v) is 3.18. The third kappa shape index (κ3) is 5.06. The van der Waals surface area contributed by atoms with E-state index in [1.807, 2.05) is 18.4 Å². The van der Waals surface area contributed by atoms with Gasteiger partial charge >= 0.3 is 0 Å². The van der Waals surface area contributed by atoms with Crippen molar-refractivity contribution >= 4 is 21.2 Å². The summed E-state index contributed by atoms with van der Waals surface area (Å²) in [5, 5.41) is 5.23. The van der Waals surface area contributed by atoms with Crippen molar-refractivity contribution in [3.05, 3.63) is 16.3 Å². The van der Waals surface area contributed by atoms with Crippen molar-refractivity contribution in [1.29, 1.82) is 0 Å². The summed E-state index contributed by atoms with van der Waals surface area (Å²) in [4.78, 5) is 1.12. The largest absolute Gasteiger partial charge is 0.496 e. The minimum absolute atomic E-state index is 0.0867. The van der Waals surface area contributed by atoms with Gasteiger partial charge in [0.1, 0.15) is 15.6 Å². The summed E-state index contributed by atoms with van der Waals surface area (Å²) < 4.78 is 27.5. The van der Waals surface area contributed by atoms with Crippen LogP contribution in [0.4, 0.5) is 0 Å². The fourth-order valence-electron chi connectivity index (χ4n) is 1.55. The predicted molar refractivity (Wildman–Crippen MR) is 71.6 cm³/mol. The van der Waals surface area contributed by atoms with Gasteiger partial charge in [-0.3, -0.25) is 0 Å². The van der Waals surface area contributed by atoms with Gasteiger partial charge in [0, 0.05) is 22.6 Å². The number of nitrogens with one attached hydrogen (secondary N) is 1. The zero-order valence-electron chi connectivity index (χ0n) is 10.4. The van der Waals surface area contributed by atoms with Crippen molar-refractivity contribution < 1.29 is 13.2 Å². The lowest BCUT2D eigenvalue weighted by Gasteiger charge is -2.15. The monoisotopic (exact) mass is 277 g/mol. The number of rotatable bonds is 7. The molecule has 0 fully saturated rings. The number of methoxy groups -OCH3 is 1. The summed E-state index contributed by atoms with van der Waals surface area (Å²) in [6.45, 7) is 2.83. The van der Waals surface area contributed by atoms with E-state index in [0.29, 0.717) is 6.42 Å². The molecule has 0 aliphatic carbocycles. The molecular weight excluding hydrogens is 258 g/mol. The lowest BCUT2D eigenvalue weighted by Crippen LogP contribution is -2.22. The smallest absolute Gasteiger partial charge is 0.147 e. The van der Waals surface area contributed by atoms with Crippen molar-refractivity contribution in [2.75, 3.05) is 25.7 Å². The van der Waals surface area contributed by atoms with E-state index in [-0.39, 0.29) is 11.8 Å². The Hall–Kier alpha value is -0.590. The van der Waals surface area contributed by atoms with Gasteiger partial charge in [-0.2, -0.15) is 0 Å². The summed E-state index contributed by atoms with van der Waals surface area (Å²) in [6, 6.07) is 2.05. The van der Waals surface area contributed by atoms with Gasteiger partial charge in [0.25, 0.3) is 0 Å². The first kappa shape index (κ1) is 14.5. The molecule has 1 rings (SSSR count). The normalized spacial score (nSPS) is 13.6. The molecule has 0 amide bonds. The van der Waals surface area contributed by atoms with Gasteiger partial charge in [-0.25, -0.2) is 8.42 Å². The number of thiophene rings is 1. The van der Waals surface area contributed by atoms with E-state index in [9.17, 15) is 8.42 Å². The zero-order chi connectivity index (χ0) is 12.9. The minimum atomic E-state index is -2.91. The van der Waals surface area contributed by atoms with Crippen molar-refractivity contribution in [3.63, 3.8) is 0 Å². The molecule has 0 radical (unpaired) electrons. The molecule has 1 heterocycles. The first-order valence-corrected chi connectivity index (χ1v) is 8.43. The molecule has 0 aromatic carbocycles. The van der Waals surface area contributed by atoms with Crippen LogP contribution in [0.2, 0.25) is 0 Å². The molecule has 1 aromatic heterocycles. The van der Waals surface area contributed by atoms with Crippen molar-refractivity contribution in [2.24, 2.45) is 0 Å². The van der Waals surface area contributed by atoms with Crippen molar-refractivity contribution in [1.82, 2.24) is 5.32 Å². The van der Waals surface area contributed by atoms with Gasteiger partial charge in [-0.1, -0.05) is 6.92 Å². The summed E-state index contributed by atoms with van der Waals surface area (Å²) in [6.07, 6.45) is 1.86. The number of hydrogen-bond acceptors (Lipinski definition) is 5. The topological polar surface area (TPSA) is 55.4 Å². The van der Waals surface area contributed by atoms with Crippen LogP contribution in [0, 0.1) is 0 Å². The van der Waals surface area contributed by atoms with Gasteiger partial charge in [0.05, 0.1) is 12.9 Å². The molecule has 17 heavy (non-hydrogen) atoms. The molecular formula is C11H19NO3S2. The molecule has 6 heteroatoms. The van der Waals surface area contributed by atoms with Crippen LogP contribution in [0.25, 0.3) is 0 Å². The second kappa shape index (κ2) is 6.37. The molecule has 0 bridgehead atoms. The van der Waals surface area contributed by atoms with Gasteiger partial charge in [-0.05, 0) is 19.0 Å². The van der Waals surface area contributed by atoms with Gasteiger partial charge in [0.2, 0.25) is 0 Å².